The maximum atomic E-state index is 12.1. The van der Waals surface area contributed by atoms with Gasteiger partial charge in [-0.25, -0.2) is 0 Å². The maximum Gasteiger partial charge on any atom is 0.320 e. The zero-order valence-corrected chi connectivity index (χ0v) is 20.5. The molecule has 1 saturated carbocycles. The Morgan fingerprint density at radius 3 is 2.27 bits per heavy atom. The van der Waals surface area contributed by atoms with Crippen molar-refractivity contribution >= 4 is 5.97 Å². The van der Waals surface area contributed by atoms with E-state index >= 15 is 0 Å². The summed E-state index contributed by atoms with van der Waals surface area (Å²) in [6.07, 6.45) is 14.6. The standard InChI is InChI=1S/C26H47NO3/c1-7-29-24(28)19-27(22-11-9-8-10-12-22)17-18-30-23-15-13-21(14-16-23)26(5,6)20-25(2,3)4/h13,15,21-23H,7-12,14,16-20H2,1-6H3. The molecule has 0 aromatic rings. The summed E-state index contributed by atoms with van der Waals surface area (Å²) in [4.78, 5) is 14.4. The molecule has 1 fully saturated rings. The van der Waals surface area contributed by atoms with Gasteiger partial charge in [-0.05, 0) is 55.8 Å². The molecule has 2 rings (SSSR count). The second-order valence-corrected chi connectivity index (χ2v) is 11.3. The molecule has 0 aromatic heterocycles. The van der Waals surface area contributed by atoms with Crippen LogP contribution in [0.15, 0.2) is 12.2 Å². The fourth-order valence-corrected chi connectivity index (χ4v) is 5.61. The van der Waals surface area contributed by atoms with E-state index in [1.807, 2.05) is 6.92 Å². The van der Waals surface area contributed by atoms with Crippen molar-refractivity contribution in [1.82, 2.24) is 4.90 Å². The highest BCUT2D eigenvalue weighted by molar-refractivity contribution is 5.71. The van der Waals surface area contributed by atoms with Crippen LogP contribution >= 0.6 is 0 Å². The molecule has 30 heavy (non-hydrogen) atoms. The average Bonchev–Trinajstić information content (AvgIpc) is 2.67. The van der Waals surface area contributed by atoms with Gasteiger partial charge in [-0.2, -0.15) is 0 Å². The molecule has 4 nitrogen and oxygen atoms in total. The fourth-order valence-electron chi connectivity index (χ4n) is 5.61. The van der Waals surface area contributed by atoms with E-state index in [1.165, 1.54) is 44.9 Å². The molecule has 0 aromatic carbocycles. The van der Waals surface area contributed by atoms with Crippen LogP contribution in [0.5, 0.6) is 0 Å². The molecule has 174 valence electrons. The Balaban J connectivity index is 1.82. The lowest BCUT2D eigenvalue weighted by Crippen LogP contribution is -2.43. The molecule has 2 aliphatic carbocycles. The molecule has 4 heteroatoms. The highest BCUT2D eigenvalue weighted by Gasteiger charge is 2.34. The van der Waals surface area contributed by atoms with Gasteiger partial charge >= 0.3 is 5.97 Å². The van der Waals surface area contributed by atoms with Gasteiger partial charge in [0.15, 0.2) is 0 Å². The third-order valence-corrected chi connectivity index (χ3v) is 6.75. The van der Waals surface area contributed by atoms with Crippen molar-refractivity contribution in [1.29, 1.82) is 0 Å². The van der Waals surface area contributed by atoms with Crippen LogP contribution < -0.4 is 0 Å². The second kappa shape index (κ2) is 11.7. The lowest BCUT2D eigenvalue weighted by atomic mass is 9.66. The Bertz CT molecular complexity index is 543. The van der Waals surface area contributed by atoms with Crippen LogP contribution in [0.3, 0.4) is 0 Å². The fraction of sp³-hybridized carbons (Fsp3) is 0.885. The molecule has 2 unspecified atom stereocenters. The van der Waals surface area contributed by atoms with E-state index < -0.39 is 0 Å². The summed E-state index contributed by atoms with van der Waals surface area (Å²) < 4.78 is 11.4. The number of allylic oxidation sites excluding steroid dienone is 1. The second-order valence-electron chi connectivity index (χ2n) is 11.3. The molecule has 0 bridgehead atoms. The van der Waals surface area contributed by atoms with Crippen LogP contribution in [0.1, 0.15) is 92.9 Å². The van der Waals surface area contributed by atoms with Gasteiger partial charge in [0.2, 0.25) is 0 Å². The third kappa shape index (κ3) is 8.70. The van der Waals surface area contributed by atoms with E-state index in [2.05, 4.69) is 51.7 Å². The number of ether oxygens (including phenoxy) is 2. The van der Waals surface area contributed by atoms with Crippen molar-refractivity contribution < 1.29 is 14.3 Å². The van der Waals surface area contributed by atoms with Gasteiger partial charge in [0, 0.05) is 12.6 Å². The summed E-state index contributed by atoms with van der Waals surface area (Å²) >= 11 is 0. The number of hydrogen-bond acceptors (Lipinski definition) is 4. The molecule has 2 aliphatic rings. The number of hydrogen-bond donors (Lipinski definition) is 0. The van der Waals surface area contributed by atoms with Crippen molar-refractivity contribution in [2.45, 2.75) is 105 Å². The van der Waals surface area contributed by atoms with E-state index in [0.717, 1.165) is 13.0 Å². The Kier molecular flexibility index (Phi) is 9.87. The summed E-state index contributed by atoms with van der Waals surface area (Å²) in [5.41, 5.74) is 0.670. The number of nitrogens with zero attached hydrogens (tertiary/aromatic N) is 1. The van der Waals surface area contributed by atoms with Crippen LogP contribution in [-0.4, -0.2) is 49.3 Å². The SMILES string of the molecule is CCOC(=O)CN(CCOC1C=CC(C(C)(C)CC(C)(C)C)CC1)C1CCCCC1. The van der Waals surface area contributed by atoms with E-state index in [1.54, 1.807) is 0 Å². The first kappa shape index (κ1) is 25.4. The smallest absolute Gasteiger partial charge is 0.320 e. The molecule has 0 saturated heterocycles. The summed E-state index contributed by atoms with van der Waals surface area (Å²) in [5, 5.41) is 0. The summed E-state index contributed by atoms with van der Waals surface area (Å²) in [6, 6.07) is 0.497. The molecular formula is C26H47NO3. The number of carbonyl (C=O) groups excluding carboxylic acids is 1. The van der Waals surface area contributed by atoms with Gasteiger partial charge in [0.05, 0.1) is 25.9 Å². The van der Waals surface area contributed by atoms with E-state index in [9.17, 15) is 4.79 Å². The minimum absolute atomic E-state index is 0.107. The molecule has 0 heterocycles. The zero-order valence-electron chi connectivity index (χ0n) is 20.5. The summed E-state index contributed by atoms with van der Waals surface area (Å²) in [7, 11) is 0. The quantitative estimate of drug-likeness (QED) is 0.320. The first-order valence-electron chi connectivity index (χ1n) is 12.3. The molecule has 0 amide bonds. The largest absolute Gasteiger partial charge is 0.465 e. The van der Waals surface area contributed by atoms with Crippen molar-refractivity contribution in [3.05, 3.63) is 12.2 Å². The van der Waals surface area contributed by atoms with Crippen molar-refractivity contribution in [2.24, 2.45) is 16.7 Å². The molecular weight excluding hydrogens is 374 g/mol. The normalized spacial score (nSPS) is 23.7. The minimum Gasteiger partial charge on any atom is -0.465 e. The van der Waals surface area contributed by atoms with Crippen molar-refractivity contribution in [3.8, 4) is 0 Å². The topological polar surface area (TPSA) is 38.8 Å². The van der Waals surface area contributed by atoms with Crippen LogP contribution in [0.25, 0.3) is 0 Å². The monoisotopic (exact) mass is 421 g/mol. The van der Waals surface area contributed by atoms with Gasteiger partial charge in [0.25, 0.3) is 0 Å². The average molecular weight is 422 g/mol. The van der Waals surface area contributed by atoms with Gasteiger partial charge in [-0.15, -0.1) is 0 Å². The first-order chi connectivity index (χ1) is 14.1. The molecule has 0 radical (unpaired) electrons. The molecule has 0 aliphatic heterocycles. The van der Waals surface area contributed by atoms with Gasteiger partial charge in [-0.1, -0.05) is 66.0 Å². The summed E-state index contributed by atoms with van der Waals surface area (Å²) in [6.45, 7) is 16.0. The Hall–Kier alpha value is -0.870. The predicted octanol–water partition coefficient (Wildman–Crippen LogP) is 6.00. The van der Waals surface area contributed by atoms with Gasteiger partial charge in [0.1, 0.15) is 0 Å². The zero-order chi connectivity index (χ0) is 22.2. The van der Waals surface area contributed by atoms with Gasteiger partial charge in [-0.3, -0.25) is 9.69 Å². The van der Waals surface area contributed by atoms with Crippen LogP contribution in [-0.2, 0) is 14.3 Å². The number of carbonyl (C=O) groups is 1. The van der Waals surface area contributed by atoms with Gasteiger partial charge < -0.3 is 9.47 Å². The molecule has 2 atom stereocenters. The minimum atomic E-state index is -0.107. The highest BCUT2D eigenvalue weighted by atomic mass is 16.5. The van der Waals surface area contributed by atoms with Crippen LogP contribution in [0.2, 0.25) is 0 Å². The number of esters is 1. The van der Waals surface area contributed by atoms with E-state index in [-0.39, 0.29) is 12.1 Å². The Labute approximate surface area is 185 Å². The van der Waals surface area contributed by atoms with Crippen molar-refractivity contribution in [3.63, 3.8) is 0 Å². The third-order valence-electron chi connectivity index (χ3n) is 6.75. The molecule has 0 spiro atoms. The number of rotatable bonds is 10. The molecule has 0 N–H and O–H groups in total. The first-order valence-corrected chi connectivity index (χ1v) is 12.3. The lowest BCUT2D eigenvalue weighted by Gasteiger charge is -2.40. The van der Waals surface area contributed by atoms with Crippen LogP contribution in [0, 0.1) is 16.7 Å². The highest BCUT2D eigenvalue weighted by Crippen LogP contribution is 2.43. The van der Waals surface area contributed by atoms with Crippen molar-refractivity contribution in [2.75, 3.05) is 26.3 Å². The predicted molar refractivity (Wildman–Crippen MR) is 125 cm³/mol. The Morgan fingerprint density at radius 1 is 1.00 bits per heavy atom. The summed E-state index contributed by atoms with van der Waals surface area (Å²) in [5.74, 6) is 0.517. The maximum absolute atomic E-state index is 12.1. The van der Waals surface area contributed by atoms with E-state index in [4.69, 9.17) is 9.47 Å². The Morgan fingerprint density at radius 2 is 1.70 bits per heavy atom. The lowest BCUT2D eigenvalue weighted by molar-refractivity contribution is -0.145. The van der Waals surface area contributed by atoms with E-state index in [0.29, 0.717) is 42.5 Å². The van der Waals surface area contributed by atoms with Crippen LogP contribution in [0.4, 0.5) is 0 Å².